The second-order valence-corrected chi connectivity index (χ2v) is 2.86. The summed E-state index contributed by atoms with van der Waals surface area (Å²) in [7, 11) is 1.39. The summed E-state index contributed by atoms with van der Waals surface area (Å²) in [6.45, 7) is 0. The summed E-state index contributed by atoms with van der Waals surface area (Å²) in [5, 5.41) is 8.44. The smallest absolute Gasteiger partial charge is 0.165 e. The van der Waals surface area contributed by atoms with E-state index in [9.17, 15) is 4.39 Å². The first-order valence-electron chi connectivity index (χ1n) is 4.15. The van der Waals surface area contributed by atoms with E-state index in [1.165, 1.54) is 19.2 Å². The van der Waals surface area contributed by atoms with Crippen LogP contribution in [0.3, 0.4) is 0 Å². The summed E-state index contributed by atoms with van der Waals surface area (Å²) >= 11 is 0. The zero-order valence-electron chi connectivity index (χ0n) is 7.83. The molecule has 0 heterocycles. The van der Waals surface area contributed by atoms with Crippen LogP contribution in [0.4, 0.5) is 4.39 Å². The van der Waals surface area contributed by atoms with Gasteiger partial charge in [0, 0.05) is 6.04 Å². The number of nitrogens with two attached hydrogens (primary N) is 1. The van der Waals surface area contributed by atoms with E-state index in [1.54, 1.807) is 6.07 Å². The fraction of sp³-hybridized carbons (Fsp3) is 0.300. The third-order valence-corrected chi connectivity index (χ3v) is 1.91. The highest BCUT2D eigenvalue weighted by Crippen LogP contribution is 2.22. The lowest BCUT2D eigenvalue weighted by atomic mass is 10.1. The molecule has 0 amide bonds. The van der Waals surface area contributed by atoms with Gasteiger partial charge in [-0.15, -0.1) is 0 Å². The SMILES string of the molecule is COc1cc([C@H](N)CC#N)ccc1F. The first-order chi connectivity index (χ1) is 6.69. The Balaban J connectivity index is 2.95. The third kappa shape index (κ3) is 2.21. The number of hydrogen-bond acceptors (Lipinski definition) is 3. The molecule has 3 nitrogen and oxygen atoms in total. The number of halogens is 1. The minimum absolute atomic E-state index is 0.149. The van der Waals surface area contributed by atoms with Gasteiger partial charge in [0.1, 0.15) is 0 Å². The van der Waals surface area contributed by atoms with Gasteiger partial charge in [-0.1, -0.05) is 6.07 Å². The molecule has 0 spiro atoms. The van der Waals surface area contributed by atoms with Crippen LogP contribution in [0.25, 0.3) is 0 Å². The molecule has 0 fully saturated rings. The lowest BCUT2D eigenvalue weighted by Gasteiger charge is -2.09. The minimum Gasteiger partial charge on any atom is -0.494 e. The van der Waals surface area contributed by atoms with Crippen LogP contribution in [0.5, 0.6) is 5.75 Å². The zero-order chi connectivity index (χ0) is 10.6. The van der Waals surface area contributed by atoms with E-state index >= 15 is 0 Å². The van der Waals surface area contributed by atoms with E-state index in [0.29, 0.717) is 5.56 Å². The van der Waals surface area contributed by atoms with Crippen molar-refractivity contribution in [3.05, 3.63) is 29.6 Å². The third-order valence-electron chi connectivity index (χ3n) is 1.91. The molecule has 2 N–H and O–H groups in total. The number of nitriles is 1. The lowest BCUT2D eigenvalue weighted by Crippen LogP contribution is -2.09. The van der Waals surface area contributed by atoms with Crippen LogP contribution in [-0.2, 0) is 0 Å². The molecule has 4 heteroatoms. The molecule has 0 saturated heterocycles. The van der Waals surface area contributed by atoms with E-state index in [4.69, 9.17) is 15.7 Å². The Morgan fingerprint density at radius 2 is 2.36 bits per heavy atom. The lowest BCUT2D eigenvalue weighted by molar-refractivity contribution is 0.385. The molecule has 0 radical (unpaired) electrons. The van der Waals surface area contributed by atoms with Gasteiger partial charge >= 0.3 is 0 Å². The van der Waals surface area contributed by atoms with Crippen LogP contribution < -0.4 is 10.5 Å². The van der Waals surface area contributed by atoms with E-state index < -0.39 is 11.9 Å². The maximum atomic E-state index is 13.0. The Kier molecular flexibility index (Phi) is 3.43. The molecule has 1 aromatic rings. The van der Waals surface area contributed by atoms with Crippen molar-refractivity contribution >= 4 is 0 Å². The van der Waals surface area contributed by atoms with Crippen LogP contribution in [0.15, 0.2) is 18.2 Å². The van der Waals surface area contributed by atoms with Gasteiger partial charge in [-0.2, -0.15) is 5.26 Å². The molecule has 0 aromatic heterocycles. The van der Waals surface area contributed by atoms with E-state index in [-0.39, 0.29) is 12.2 Å². The number of rotatable bonds is 3. The van der Waals surface area contributed by atoms with Gasteiger partial charge in [-0.25, -0.2) is 4.39 Å². The average Bonchev–Trinajstić information content (AvgIpc) is 2.19. The maximum absolute atomic E-state index is 13.0. The Morgan fingerprint density at radius 3 is 2.93 bits per heavy atom. The molecule has 0 aliphatic carbocycles. The van der Waals surface area contributed by atoms with Gasteiger partial charge < -0.3 is 10.5 Å². The maximum Gasteiger partial charge on any atom is 0.165 e. The molecule has 0 bridgehead atoms. The van der Waals surface area contributed by atoms with E-state index in [1.807, 2.05) is 6.07 Å². The second kappa shape index (κ2) is 4.58. The number of ether oxygens (including phenoxy) is 1. The normalized spacial score (nSPS) is 11.9. The highest BCUT2D eigenvalue weighted by atomic mass is 19.1. The van der Waals surface area contributed by atoms with Crippen LogP contribution >= 0.6 is 0 Å². The van der Waals surface area contributed by atoms with Gasteiger partial charge in [0.15, 0.2) is 11.6 Å². The molecule has 1 aromatic carbocycles. The monoisotopic (exact) mass is 194 g/mol. The predicted octanol–water partition coefficient (Wildman–Crippen LogP) is 1.75. The Hall–Kier alpha value is -1.60. The average molecular weight is 194 g/mol. The summed E-state index contributed by atoms with van der Waals surface area (Å²) in [5.41, 5.74) is 6.38. The fourth-order valence-electron chi connectivity index (χ4n) is 1.12. The van der Waals surface area contributed by atoms with Gasteiger partial charge in [0.05, 0.1) is 19.6 Å². The van der Waals surface area contributed by atoms with Crippen molar-refractivity contribution in [2.45, 2.75) is 12.5 Å². The number of nitrogens with zero attached hydrogens (tertiary/aromatic N) is 1. The number of methoxy groups -OCH3 is 1. The number of benzene rings is 1. The molecular weight excluding hydrogens is 183 g/mol. The molecule has 0 saturated carbocycles. The zero-order valence-corrected chi connectivity index (χ0v) is 7.83. The highest BCUT2D eigenvalue weighted by molar-refractivity contribution is 5.32. The van der Waals surface area contributed by atoms with Crippen LogP contribution in [-0.4, -0.2) is 7.11 Å². The van der Waals surface area contributed by atoms with Crippen LogP contribution in [0.2, 0.25) is 0 Å². The molecule has 0 unspecified atom stereocenters. The van der Waals surface area contributed by atoms with Crippen molar-refractivity contribution in [2.75, 3.05) is 7.11 Å². The van der Waals surface area contributed by atoms with E-state index in [2.05, 4.69) is 0 Å². The first kappa shape index (κ1) is 10.5. The molecule has 74 valence electrons. The van der Waals surface area contributed by atoms with Crippen molar-refractivity contribution in [2.24, 2.45) is 5.73 Å². The van der Waals surface area contributed by atoms with Gasteiger partial charge in [0.2, 0.25) is 0 Å². The largest absolute Gasteiger partial charge is 0.494 e. The molecule has 0 aliphatic heterocycles. The van der Waals surface area contributed by atoms with Gasteiger partial charge in [-0.05, 0) is 17.7 Å². The summed E-state index contributed by atoms with van der Waals surface area (Å²) in [6, 6.07) is 5.91. The van der Waals surface area contributed by atoms with Crippen molar-refractivity contribution in [1.82, 2.24) is 0 Å². The molecule has 1 atom stereocenters. The second-order valence-electron chi connectivity index (χ2n) is 2.86. The van der Waals surface area contributed by atoms with Crippen molar-refractivity contribution in [3.8, 4) is 11.8 Å². The molecule has 0 aliphatic rings. The summed E-state index contributed by atoms with van der Waals surface area (Å²) < 4.78 is 17.8. The van der Waals surface area contributed by atoms with E-state index in [0.717, 1.165) is 0 Å². The Labute approximate surface area is 81.9 Å². The Bertz CT molecular complexity index is 360. The summed E-state index contributed by atoms with van der Waals surface area (Å²) in [4.78, 5) is 0. The first-order valence-corrected chi connectivity index (χ1v) is 4.15. The summed E-state index contributed by atoms with van der Waals surface area (Å²) in [6.07, 6.45) is 0.203. The van der Waals surface area contributed by atoms with Gasteiger partial charge in [0.25, 0.3) is 0 Å². The molecule has 1 rings (SSSR count). The summed E-state index contributed by atoms with van der Waals surface area (Å²) in [5.74, 6) is -0.281. The predicted molar refractivity (Wildman–Crippen MR) is 50.1 cm³/mol. The highest BCUT2D eigenvalue weighted by Gasteiger charge is 2.09. The fourth-order valence-corrected chi connectivity index (χ4v) is 1.12. The molecular formula is C10H11FN2O. The quantitative estimate of drug-likeness (QED) is 0.797. The van der Waals surface area contributed by atoms with Crippen molar-refractivity contribution < 1.29 is 9.13 Å². The van der Waals surface area contributed by atoms with Crippen molar-refractivity contribution in [3.63, 3.8) is 0 Å². The number of hydrogen-bond donors (Lipinski definition) is 1. The van der Waals surface area contributed by atoms with Crippen molar-refractivity contribution in [1.29, 1.82) is 5.26 Å². The van der Waals surface area contributed by atoms with Gasteiger partial charge in [-0.3, -0.25) is 0 Å². The van der Waals surface area contributed by atoms with Crippen LogP contribution in [0.1, 0.15) is 18.0 Å². The van der Waals surface area contributed by atoms with Crippen LogP contribution in [0, 0.1) is 17.1 Å². The Morgan fingerprint density at radius 1 is 1.64 bits per heavy atom. The standard InChI is InChI=1S/C10H11FN2O/c1-14-10-6-7(2-3-8(10)11)9(13)4-5-12/h2-3,6,9H,4,13H2,1H3/t9-/m1/s1. The molecule has 14 heavy (non-hydrogen) atoms. The topological polar surface area (TPSA) is 59.0 Å². The minimum atomic E-state index is -0.430.